The van der Waals surface area contributed by atoms with Crippen molar-refractivity contribution in [2.45, 2.75) is 40.0 Å². The zero-order valence-electron chi connectivity index (χ0n) is 12.2. The van der Waals surface area contributed by atoms with Crippen molar-refractivity contribution in [2.75, 3.05) is 19.6 Å². The van der Waals surface area contributed by atoms with Gasteiger partial charge in [-0.25, -0.2) is 0 Å². The molecule has 1 amide bonds. The van der Waals surface area contributed by atoms with Crippen LogP contribution in [0.25, 0.3) is 0 Å². The molecule has 0 saturated carbocycles. The molecule has 3 N–H and O–H groups in total. The minimum Gasteiger partial charge on any atom is -0.481 e. The van der Waals surface area contributed by atoms with E-state index in [-0.39, 0.29) is 23.7 Å². The number of carboxylic acid groups (broad SMARTS) is 1. The monoisotopic (exact) mass is 270 g/mol. The normalized spacial score (nSPS) is 24.4. The second-order valence-electron chi connectivity index (χ2n) is 6.29. The molecule has 0 aliphatic carbocycles. The number of carboxylic acids is 1. The minimum absolute atomic E-state index is 0.0133. The van der Waals surface area contributed by atoms with Crippen LogP contribution in [0.3, 0.4) is 0 Å². The summed E-state index contributed by atoms with van der Waals surface area (Å²) in [5, 5.41) is 15.0. The van der Waals surface area contributed by atoms with Gasteiger partial charge in [0.05, 0.1) is 5.41 Å². The lowest BCUT2D eigenvalue weighted by Crippen LogP contribution is -2.42. The van der Waals surface area contributed by atoms with Crippen molar-refractivity contribution >= 4 is 11.9 Å². The van der Waals surface area contributed by atoms with Gasteiger partial charge in [0.2, 0.25) is 5.91 Å². The van der Waals surface area contributed by atoms with Crippen LogP contribution < -0.4 is 10.6 Å². The Hall–Kier alpha value is -1.10. The van der Waals surface area contributed by atoms with E-state index in [1.54, 1.807) is 0 Å². The van der Waals surface area contributed by atoms with Gasteiger partial charge in [-0.1, -0.05) is 13.8 Å². The molecule has 1 aliphatic rings. The Balaban J connectivity index is 2.46. The van der Waals surface area contributed by atoms with E-state index in [1.807, 2.05) is 6.92 Å². The molecule has 110 valence electrons. The summed E-state index contributed by atoms with van der Waals surface area (Å²) in [7, 11) is 0. The third-order valence-corrected chi connectivity index (χ3v) is 3.74. The van der Waals surface area contributed by atoms with Crippen LogP contribution in [0.4, 0.5) is 0 Å². The van der Waals surface area contributed by atoms with Crippen LogP contribution >= 0.6 is 0 Å². The molecule has 0 spiro atoms. The van der Waals surface area contributed by atoms with Crippen molar-refractivity contribution in [2.24, 2.45) is 17.3 Å². The van der Waals surface area contributed by atoms with Gasteiger partial charge in [0.1, 0.15) is 0 Å². The predicted octanol–water partition coefficient (Wildman–Crippen LogP) is 1.24. The minimum atomic E-state index is -0.798. The summed E-state index contributed by atoms with van der Waals surface area (Å²) in [6, 6.07) is 0. The number of amides is 1. The molecule has 0 aromatic heterocycles. The summed E-state index contributed by atoms with van der Waals surface area (Å²) < 4.78 is 0. The van der Waals surface area contributed by atoms with Crippen LogP contribution in [-0.2, 0) is 9.59 Å². The van der Waals surface area contributed by atoms with Gasteiger partial charge in [-0.15, -0.1) is 0 Å². The zero-order valence-corrected chi connectivity index (χ0v) is 12.2. The fourth-order valence-corrected chi connectivity index (χ4v) is 2.61. The molecule has 0 radical (unpaired) electrons. The number of carbonyl (C=O) groups excluding carboxylic acids is 1. The van der Waals surface area contributed by atoms with Crippen molar-refractivity contribution in [3.8, 4) is 0 Å². The van der Waals surface area contributed by atoms with E-state index < -0.39 is 5.97 Å². The quantitative estimate of drug-likeness (QED) is 0.650. The highest BCUT2D eigenvalue weighted by molar-refractivity contribution is 5.82. The number of rotatable bonds is 7. The van der Waals surface area contributed by atoms with Gasteiger partial charge in [0.25, 0.3) is 0 Å². The summed E-state index contributed by atoms with van der Waals surface area (Å²) >= 11 is 0. The number of aliphatic carboxylic acids is 1. The molecule has 0 aromatic carbocycles. The lowest BCUT2D eigenvalue weighted by molar-refractivity contribution is -0.138. The summed E-state index contributed by atoms with van der Waals surface area (Å²) in [5.74, 6) is -0.310. The van der Waals surface area contributed by atoms with Crippen LogP contribution in [0.15, 0.2) is 0 Å². The first-order chi connectivity index (χ1) is 8.83. The molecule has 0 aromatic rings. The van der Waals surface area contributed by atoms with Gasteiger partial charge in [0, 0.05) is 19.5 Å². The highest BCUT2D eigenvalue weighted by Crippen LogP contribution is 2.24. The highest BCUT2D eigenvalue weighted by Gasteiger charge is 2.36. The maximum absolute atomic E-state index is 12.1. The molecule has 2 atom stereocenters. The van der Waals surface area contributed by atoms with Gasteiger partial charge in [-0.2, -0.15) is 0 Å². The summed E-state index contributed by atoms with van der Waals surface area (Å²) in [6.45, 7) is 8.12. The van der Waals surface area contributed by atoms with Crippen LogP contribution in [-0.4, -0.2) is 36.6 Å². The van der Waals surface area contributed by atoms with Crippen molar-refractivity contribution in [3.05, 3.63) is 0 Å². The van der Waals surface area contributed by atoms with Crippen LogP contribution in [0.5, 0.6) is 0 Å². The first kappa shape index (κ1) is 16.0. The van der Waals surface area contributed by atoms with E-state index in [9.17, 15) is 9.59 Å². The second-order valence-corrected chi connectivity index (χ2v) is 6.29. The Bertz CT molecular complexity index is 323. The van der Waals surface area contributed by atoms with Crippen LogP contribution in [0.2, 0.25) is 0 Å². The maximum Gasteiger partial charge on any atom is 0.303 e. The lowest BCUT2D eigenvalue weighted by Gasteiger charge is -2.24. The smallest absolute Gasteiger partial charge is 0.303 e. The van der Waals surface area contributed by atoms with E-state index in [2.05, 4.69) is 24.5 Å². The van der Waals surface area contributed by atoms with Gasteiger partial charge >= 0.3 is 5.97 Å². The molecule has 19 heavy (non-hydrogen) atoms. The Morgan fingerprint density at radius 1 is 1.42 bits per heavy atom. The van der Waals surface area contributed by atoms with Gasteiger partial charge < -0.3 is 15.7 Å². The third kappa shape index (κ3) is 5.19. The standard InChI is InChI=1S/C14H26N2O3/c1-10(2)6-11(7-12(17)18)8-16-13(19)14(3)4-5-15-9-14/h10-11,15H,4-9H2,1-3H3,(H,16,19)(H,17,18)/t11-,14?/m0/s1. The van der Waals surface area contributed by atoms with E-state index in [4.69, 9.17) is 5.11 Å². The molecular weight excluding hydrogens is 244 g/mol. The van der Waals surface area contributed by atoms with Crippen molar-refractivity contribution in [1.29, 1.82) is 0 Å². The fraction of sp³-hybridized carbons (Fsp3) is 0.857. The molecule has 1 saturated heterocycles. The van der Waals surface area contributed by atoms with Crippen molar-refractivity contribution in [1.82, 2.24) is 10.6 Å². The average molecular weight is 270 g/mol. The van der Waals surface area contributed by atoms with Crippen molar-refractivity contribution in [3.63, 3.8) is 0 Å². The zero-order chi connectivity index (χ0) is 14.5. The molecule has 0 bridgehead atoms. The Morgan fingerprint density at radius 2 is 2.11 bits per heavy atom. The summed E-state index contributed by atoms with van der Waals surface area (Å²) in [5.41, 5.74) is -0.342. The molecule has 5 heteroatoms. The number of carbonyl (C=O) groups is 2. The van der Waals surface area contributed by atoms with E-state index in [0.29, 0.717) is 19.0 Å². The average Bonchev–Trinajstić information content (AvgIpc) is 2.72. The molecule has 1 aliphatic heterocycles. The Morgan fingerprint density at radius 3 is 2.58 bits per heavy atom. The first-order valence-corrected chi connectivity index (χ1v) is 7.04. The SMILES string of the molecule is CC(C)C[C@H](CNC(=O)C1(C)CCNC1)CC(=O)O. The molecule has 1 fully saturated rings. The fourth-order valence-electron chi connectivity index (χ4n) is 2.61. The lowest BCUT2D eigenvalue weighted by atomic mass is 9.88. The number of hydrogen-bond acceptors (Lipinski definition) is 3. The van der Waals surface area contributed by atoms with Gasteiger partial charge in [-0.3, -0.25) is 9.59 Å². The third-order valence-electron chi connectivity index (χ3n) is 3.74. The molecular formula is C14H26N2O3. The topological polar surface area (TPSA) is 78.4 Å². The van der Waals surface area contributed by atoms with Crippen LogP contribution in [0, 0.1) is 17.3 Å². The molecule has 5 nitrogen and oxygen atoms in total. The predicted molar refractivity (Wildman–Crippen MR) is 73.8 cm³/mol. The van der Waals surface area contributed by atoms with Gasteiger partial charge in [-0.05, 0) is 38.1 Å². The molecule has 1 unspecified atom stereocenters. The van der Waals surface area contributed by atoms with E-state index >= 15 is 0 Å². The Kier molecular flexibility index (Phi) is 5.79. The first-order valence-electron chi connectivity index (χ1n) is 7.04. The van der Waals surface area contributed by atoms with E-state index in [1.165, 1.54) is 0 Å². The Labute approximate surface area is 115 Å². The largest absolute Gasteiger partial charge is 0.481 e. The summed E-state index contributed by atoms with van der Waals surface area (Å²) in [4.78, 5) is 23.0. The molecule has 1 rings (SSSR count). The number of nitrogens with one attached hydrogen (secondary N) is 2. The van der Waals surface area contributed by atoms with Crippen molar-refractivity contribution < 1.29 is 14.7 Å². The van der Waals surface area contributed by atoms with Gasteiger partial charge in [0.15, 0.2) is 0 Å². The maximum atomic E-state index is 12.1. The van der Waals surface area contributed by atoms with E-state index in [0.717, 1.165) is 19.4 Å². The van der Waals surface area contributed by atoms with Crippen LogP contribution in [0.1, 0.15) is 40.0 Å². The summed E-state index contributed by atoms with van der Waals surface area (Å²) in [6.07, 6.45) is 1.78. The highest BCUT2D eigenvalue weighted by atomic mass is 16.4. The molecule has 1 heterocycles. The number of hydrogen-bond donors (Lipinski definition) is 3. The second kappa shape index (κ2) is 6.89.